The molecule has 0 aliphatic carbocycles. The largest absolute Gasteiger partial charge is 0.497 e. The van der Waals surface area contributed by atoms with Crippen LogP contribution < -0.4 is 10.1 Å². The van der Waals surface area contributed by atoms with E-state index in [1.807, 2.05) is 0 Å². The minimum atomic E-state index is 0. The molecule has 0 amide bonds. The number of nitrogens with zero attached hydrogens (tertiary/aromatic N) is 2. The molecule has 2 saturated heterocycles. The number of hydrogen-bond donors (Lipinski definition) is 1. The van der Waals surface area contributed by atoms with Crippen LogP contribution >= 0.6 is 12.4 Å². The molecule has 1 aromatic rings. The second kappa shape index (κ2) is 8.73. The number of halogens is 1. The monoisotopic (exact) mass is 325 g/mol. The first-order valence-electron chi connectivity index (χ1n) is 8.15. The van der Waals surface area contributed by atoms with Crippen LogP contribution in [0.1, 0.15) is 12.0 Å². The van der Waals surface area contributed by atoms with Crippen molar-refractivity contribution in [1.29, 1.82) is 0 Å². The molecule has 1 N–H and O–H groups in total. The Hall–Kier alpha value is -0.810. The summed E-state index contributed by atoms with van der Waals surface area (Å²) in [6, 6.07) is 9.26. The zero-order valence-corrected chi connectivity index (χ0v) is 14.3. The SMILES string of the molecule is COc1ccc(CCN2CCN(C3CCNC3)CC2)cc1.Cl. The van der Waals surface area contributed by atoms with Gasteiger partial charge in [-0.1, -0.05) is 12.1 Å². The molecule has 1 atom stereocenters. The van der Waals surface area contributed by atoms with Gasteiger partial charge in [-0.15, -0.1) is 12.4 Å². The molecular formula is C17H28ClN3O. The van der Waals surface area contributed by atoms with E-state index >= 15 is 0 Å². The van der Waals surface area contributed by atoms with Crippen LogP contribution in [-0.4, -0.2) is 68.8 Å². The molecule has 1 unspecified atom stereocenters. The third-order valence-electron chi connectivity index (χ3n) is 4.83. The normalized spacial score (nSPS) is 23.2. The number of methoxy groups -OCH3 is 1. The minimum Gasteiger partial charge on any atom is -0.497 e. The van der Waals surface area contributed by atoms with Crippen molar-refractivity contribution < 1.29 is 4.74 Å². The van der Waals surface area contributed by atoms with Crippen LogP contribution in [0.25, 0.3) is 0 Å². The van der Waals surface area contributed by atoms with Gasteiger partial charge >= 0.3 is 0 Å². The minimum absolute atomic E-state index is 0. The fraction of sp³-hybridized carbons (Fsp3) is 0.647. The zero-order chi connectivity index (χ0) is 14.5. The highest BCUT2D eigenvalue weighted by Gasteiger charge is 2.25. The fourth-order valence-electron chi connectivity index (χ4n) is 3.38. The van der Waals surface area contributed by atoms with Gasteiger partial charge in [0, 0.05) is 45.3 Å². The Morgan fingerprint density at radius 2 is 1.86 bits per heavy atom. The van der Waals surface area contributed by atoms with Gasteiger partial charge in [0.1, 0.15) is 5.75 Å². The third-order valence-corrected chi connectivity index (χ3v) is 4.83. The van der Waals surface area contributed by atoms with Crippen molar-refractivity contribution in [3.63, 3.8) is 0 Å². The van der Waals surface area contributed by atoms with E-state index < -0.39 is 0 Å². The molecule has 0 radical (unpaired) electrons. The summed E-state index contributed by atoms with van der Waals surface area (Å²) in [5, 5.41) is 3.47. The van der Waals surface area contributed by atoms with Crippen LogP contribution in [-0.2, 0) is 6.42 Å². The molecule has 2 heterocycles. The second-order valence-corrected chi connectivity index (χ2v) is 6.12. The van der Waals surface area contributed by atoms with E-state index in [1.54, 1.807) is 7.11 Å². The molecule has 4 nitrogen and oxygen atoms in total. The number of hydrogen-bond acceptors (Lipinski definition) is 4. The summed E-state index contributed by atoms with van der Waals surface area (Å²) in [5.74, 6) is 0.942. The predicted octanol–water partition coefficient (Wildman–Crippen LogP) is 1.64. The quantitative estimate of drug-likeness (QED) is 0.890. The van der Waals surface area contributed by atoms with E-state index in [0.717, 1.165) is 18.2 Å². The average molecular weight is 326 g/mol. The maximum Gasteiger partial charge on any atom is 0.118 e. The molecule has 0 aromatic heterocycles. The van der Waals surface area contributed by atoms with Crippen LogP contribution in [0.2, 0.25) is 0 Å². The lowest BCUT2D eigenvalue weighted by Gasteiger charge is -2.37. The summed E-state index contributed by atoms with van der Waals surface area (Å²) in [4.78, 5) is 5.27. The zero-order valence-electron chi connectivity index (χ0n) is 13.5. The van der Waals surface area contributed by atoms with E-state index in [0.29, 0.717) is 0 Å². The smallest absolute Gasteiger partial charge is 0.118 e. The van der Waals surface area contributed by atoms with Crippen LogP contribution in [0, 0.1) is 0 Å². The van der Waals surface area contributed by atoms with Gasteiger partial charge < -0.3 is 15.0 Å². The number of rotatable bonds is 5. The molecule has 0 spiro atoms. The molecule has 2 fully saturated rings. The summed E-state index contributed by atoms with van der Waals surface area (Å²) in [7, 11) is 1.72. The highest BCUT2D eigenvalue weighted by Crippen LogP contribution is 2.14. The van der Waals surface area contributed by atoms with Gasteiger partial charge in [-0.3, -0.25) is 4.90 Å². The highest BCUT2D eigenvalue weighted by atomic mass is 35.5. The van der Waals surface area contributed by atoms with E-state index in [-0.39, 0.29) is 12.4 Å². The van der Waals surface area contributed by atoms with Crippen molar-refractivity contribution in [3.05, 3.63) is 29.8 Å². The van der Waals surface area contributed by atoms with Crippen LogP contribution in [0.5, 0.6) is 5.75 Å². The van der Waals surface area contributed by atoms with Crippen molar-refractivity contribution in [2.24, 2.45) is 0 Å². The first-order chi connectivity index (χ1) is 10.3. The Balaban J connectivity index is 0.00000176. The van der Waals surface area contributed by atoms with Crippen molar-refractivity contribution in [2.75, 3.05) is 52.9 Å². The van der Waals surface area contributed by atoms with Crippen molar-refractivity contribution >= 4 is 12.4 Å². The molecule has 22 heavy (non-hydrogen) atoms. The molecular weight excluding hydrogens is 298 g/mol. The first kappa shape index (κ1) is 17.5. The standard InChI is InChI=1S/C17H27N3O.ClH/c1-21-17-4-2-15(3-5-17)7-9-19-10-12-20(13-11-19)16-6-8-18-14-16;/h2-5,16,18H,6-14H2,1H3;1H. The topological polar surface area (TPSA) is 27.7 Å². The lowest BCUT2D eigenvalue weighted by molar-refractivity contribution is 0.103. The number of benzene rings is 1. The van der Waals surface area contributed by atoms with Gasteiger partial charge in [0.15, 0.2) is 0 Å². The Morgan fingerprint density at radius 3 is 2.45 bits per heavy atom. The second-order valence-electron chi connectivity index (χ2n) is 6.12. The summed E-state index contributed by atoms with van der Waals surface area (Å²) >= 11 is 0. The molecule has 1 aromatic carbocycles. The fourth-order valence-corrected chi connectivity index (χ4v) is 3.38. The average Bonchev–Trinajstić information content (AvgIpc) is 3.08. The van der Waals surface area contributed by atoms with Crippen molar-refractivity contribution in [2.45, 2.75) is 18.9 Å². The molecule has 0 bridgehead atoms. The van der Waals surface area contributed by atoms with Gasteiger partial charge in [0.2, 0.25) is 0 Å². The Morgan fingerprint density at radius 1 is 1.14 bits per heavy atom. The molecule has 5 heteroatoms. The van der Waals surface area contributed by atoms with Gasteiger partial charge in [0.25, 0.3) is 0 Å². The summed E-state index contributed by atoms with van der Waals surface area (Å²) in [6.07, 6.45) is 2.46. The Labute approximate surface area is 140 Å². The Kier molecular flexibility index (Phi) is 6.96. The number of piperazine rings is 1. The molecule has 124 valence electrons. The van der Waals surface area contributed by atoms with Crippen LogP contribution in [0.4, 0.5) is 0 Å². The van der Waals surface area contributed by atoms with Gasteiger partial charge in [-0.2, -0.15) is 0 Å². The van der Waals surface area contributed by atoms with Crippen LogP contribution in [0.3, 0.4) is 0 Å². The van der Waals surface area contributed by atoms with E-state index in [1.165, 1.54) is 57.8 Å². The maximum atomic E-state index is 5.20. The molecule has 2 aliphatic heterocycles. The third kappa shape index (κ3) is 4.59. The first-order valence-corrected chi connectivity index (χ1v) is 8.15. The summed E-state index contributed by atoms with van der Waals surface area (Å²) in [5.41, 5.74) is 1.40. The summed E-state index contributed by atoms with van der Waals surface area (Å²) in [6.45, 7) is 8.44. The van der Waals surface area contributed by atoms with Crippen LogP contribution in [0.15, 0.2) is 24.3 Å². The van der Waals surface area contributed by atoms with Gasteiger partial charge in [0.05, 0.1) is 7.11 Å². The lowest BCUT2D eigenvalue weighted by Crippen LogP contribution is -2.51. The van der Waals surface area contributed by atoms with E-state index in [4.69, 9.17) is 4.74 Å². The highest BCUT2D eigenvalue weighted by molar-refractivity contribution is 5.85. The number of nitrogens with one attached hydrogen (secondary N) is 1. The maximum absolute atomic E-state index is 5.20. The lowest BCUT2D eigenvalue weighted by atomic mass is 10.1. The number of ether oxygens (including phenoxy) is 1. The van der Waals surface area contributed by atoms with E-state index in [9.17, 15) is 0 Å². The van der Waals surface area contributed by atoms with Crippen molar-refractivity contribution in [3.8, 4) is 5.75 Å². The van der Waals surface area contributed by atoms with Gasteiger partial charge in [-0.05, 0) is 37.1 Å². The molecule has 0 saturated carbocycles. The Bertz CT molecular complexity index is 426. The van der Waals surface area contributed by atoms with Crippen molar-refractivity contribution in [1.82, 2.24) is 15.1 Å². The molecule has 3 rings (SSSR count). The summed E-state index contributed by atoms with van der Waals surface area (Å²) < 4.78 is 5.20. The predicted molar refractivity (Wildman–Crippen MR) is 93.2 cm³/mol. The van der Waals surface area contributed by atoms with Gasteiger partial charge in [-0.25, -0.2) is 0 Å². The van der Waals surface area contributed by atoms with E-state index in [2.05, 4.69) is 39.4 Å². The molecule has 2 aliphatic rings.